The molecule has 0 bridgehead atoms. The highest BCUT2D eigenvalue weighted by Crippen LogP contribution is 2.04. The molecule has 0 saturated heterocycles. The van der Waals surface area contributed by atoms with E-state index in [1.54, 1.807) is 0 Å². The summed E-state index contributed by atoms with van der Waals surface area (Å²) in [6, 6.07) is 0. The number of hydrogen-bond donors (Lipinski definition) is 1. The van der Waals surface area contributed by atoms with Crippen molar-refractivity contribution in [3.05, 3.63) is 36.6 Å². The van der Waals surface area contributed by atoms with Crippen LogP contribution in [0.25, 0.3) is 0 Å². The molecule has 62 valence electrons. The van der Waals surface area contributed by atoms with Gasteiger partial charge < -0.3 is 5.32 Å². The first-order chi connectivity index (χ1) is 5.26. The van der Waals surface area contributed by atoms with Gasteiger partial charge in [-0.25, -0.2) is 0 Å². The van der Waals surface area contributed by atoms with Crippen LogP contribution in [0, 0.1) is 0 Å². The molecule has 0 spiro atoms. The Hall–Kier alpha value is -0.980. The minimum Gasteiger partial charge on any atom is -0.385 e. The van der Waals surface area contributed by atoms with Crippen LogP contribution in [0.2, 0.25) is 0 Å². The smallest absolute Gasteiger partial charge is 0.0337 e. The topological polar surface area (TPSA) is 12.0 Å². The van der Waals surface area contributed by atoms with E-state index < -0.39 is 0 Å². The van der Waals surface area contributed by atoms with Crippen molar-refractivity contribution in [2.45, 2.75) is 20.3 Å². The largest absolute Gasteiger partial charge is 0.385 e. The Labute approximate surface area is 69.5 Å². The standard InChI is InChI=1S/C10H17N/c1-5-8-11-9(4)10(6-2)7-3/h6-7,11H,2,4-5,8H2,1,3H3/b10-7+. The molecule has 0 aromatic rings. The second-order valence-corrected chi connectivity index (χ2v) is 2.35. The van der Waals surface area contributed by atoms with Gasteiger partial charge in [0.1, 0.15) is 0 Å². The fraction of sp³-hybridized carbons (Fsp3) is 0.400. The summed E-state index contributed by atoms with van der Waals surface area (Å²) in [5, 5.41) is 3.20. The molecule has 0 aliphatic rings. The van der Waals surface area contributed by atoms with Crippen LogP contribution in [0.15, 0.2) is 36.6 Å². The van der Waals surface area contributed by atoms with E-state index in [1.807, 2.05) is 19.1 Å². The number of rotatable bonds is 5. The Morgan fingerprint density at radius 1 is 1.55 bits per heavy atom. The fourth-order valence-corrected chi connectivity index (χ4v) is 0.793. The maximum atomic E-state index is 3.88. The van der Waals surface area contributed by atoms with Crippen LogP contribution >= 0.6 is 0 Å². The van der Waals surface area contributed by atoms with Gasteiger partial charge in [0.15, 0.2) is 0 Å². The van der Waals surface area contributed by atoms with Gasteiger partial charge in [0.05, 0.1) is 0 Å². The van der Waals surface area contributed by atoms with Crippen molar-refractivity contribution in [3.63, 3.8) is 0 Å². The molecule has 0 aliphatic carbocycles. The molecule has 0 aliphatic heterocycles. The van der Waals surface area contributed by atoms with Gasteiger partial charge in [-0.1, -0.05) is 32.2 Å². The van der Waals surface area contributed by atoms with E-state index in [-0.39, 0.29) is 0 Å². The quantitative estimate of drug-likeness (QED) is 0.596. The summed E-state index contributed by atoms with van der Waals surface area (Å²) >= 11 is 0. The molecule has 0 aromatic heterocycles. The van der Waals surface area contributed by atoms with Gasteiger partial charge in [-0.05, 0) is 18.9 Å². The fourth-order valence-electron chi connectivity index (χ4n) is 0.793. The lowest BCUT2D eigenvalue weighted by atomic mass is 10.2. The zero-order valence-electron chi connectivity index (χ0n) is 7.48. The monoisotopic (exact) mass is 151 g/mol. The van der Waals surface area contributed by atoms with Crippen LogP contribution in [-0.2, 0) is 0 Å². The minimum atomic E-state index is 0.962. The molecular weight excluding hydrogens is 134 g/mol. The van der Waals surface area contributed by atoms with Crippen LogP contribution in [0.4, 0.5) is 0 Å². The van der Waals surface area contributed by atoms with Gasteiger partial charge in [0, 0.05) is 12.2 Å². The molecule has 0 aromatic carbocycles. The number of allylic oxidation sites excluding steroid dienone is 2. The third-order valence-electron chi connectivity index (χ3n) is 1.47. The second-order valence-electron chi connectivity index (χ2n) is 2.35. The summed E-state index contributed by atoms with van der Waals surface area (Å²) in [5.41, 5.74) is 2.04. The Morgan fingerprint density at radius 3 is 2.55 bits per heavy atom. The van der Waals surface area contributed by atoms with Crippen molar-refractivity contribution < 1.29 is 0 Å². The molecule has 0 radical (unpaired) electrons. The average Bonchev–Trinajstić information content (AvgIpc) is 2.03. The summed E-state index contributed by atoms with van der Waals surface area (Å²) in [6.07, 6.45) is 4.93. The van der Waals surface area contributed by atoms with Crippen LogP contribution in [0.1, 0.15) is 20.3 Å². The summed E-state index contributed by atoms with van der Waals surface area (Å²) in [6.45, 7) is 12.7. The van der Waals surface area contributed by atoms with Crippen LogP contribution in [-0.4, -0.2) is 6.54 Å². The third-order valence-corrected chi connectivity index (χ3v) is 1.47. The molecule has 0 unspecified atom stereocenters. The molecule has 0 rings (SSSR count). The van der Waals surface area contributed by atoms with Crippen molar-refractivity contribution in [2.75, 3.05) is 6.54 Å². The lowest BCUT2D eigenvalue weighted by Crippen LogP contribution is -2.13. The predicted octanol–water partition coefficient (Wildman–Crippen LogP) is 2.63. The van der Waals surface area contributed by atoms with Crippen molar-refractivity contribution >= 4 is 0 Å². The average molecular weight is 151 g/mol. The zero-order valence-corrected chi connectivity index (χ0v) is 7.48. The molecule has 0 heterocycles. The van der Waals surface area contributed by atoms with Crippen molar-refractivity contribution in [1.29, 1.82) is 0 Å². The number of nitrogens with one attached hydrogen (secondary N) is 1. The molecule has 1 nitrogen and oxygen atoms in total. The minimum absolute atomic E-state index is 0.962. The molecule has 0 saturated carbocycles. The molecule has 11 heavy (non-hydrogen) atoms. The van der Waals surface area contributed by atoms with E-state index in [4.69, 9.17) is 0 Å². The summed E-state index contributed by atoms with van der Waals surface area (Å²) in [7, 11) is 0. The van der Waals surface area contributed by atoms with Crippen molar-refractivity contribution in [3.8, 4) is 0 Å². The highest BCUT2D eigenvalue weighted by atomic mass is 14.9. The van der Waals surface area contributed by atoms with E-state index >= 15 is 0 Å². The SMILES string of the molecule is C=C/C(=C\C)C(=C)NCCC. The summed E-state index contributed by atoms with van der Waals surface area (Å²) in [4.78, 5) is 0. The first-order valence-electron chi connectivity index (χ1n) is 3.98. The first-order valence-corrected chi connectivity index (χ1v) is 3.98. The van der Waals surface area contributed by atoms with Crippen molar-refractivity contribution in [2.24, 2.45) is 0 Å². The predicted molar refractivity (Wildman–Crippen MR) is 51.4 cm³/mol. The van der Waals surface area contributed by atoms with Gasteiger partial charge in [-0.3, -0.25) is 0 Å². The van der Waals surface area contributed by atoms with Gasteiger partial charge in [-0.15, -0.1) is 0 Å². The zero-order chi connectivity index (χ0) is 8.69. The Kier molecular flexibility index (Phi) is 5.26. The Balaban J connectivity index is 3.91. The number of hydrogen-bond acceptors (Lipinski definition) is 1. The normalized spacial score (nSPS) is 10.9. The van der Waals surface area contributed by atoms with E-state index in [0.717, 1.165) is 24.2 Å². The molecule has 1 heteroatoms. The van der Waals surface area contributed by atoms with E-state index in [1.165, 1.54) is 0 Å². The van der Waals surface area contributed by atoms with Gasteiger partial charge >= 0.3 is 0 Å². The van der Waals surface area contributed by atoms with Gasteiger partial charge in [-0.2, -0.15) is 0 Å². The molecule has 0 fully saturated rings. The van der Waals surface area contributed by atoms with Crippen LogP contribution in [0.5, 0.6) is 0 Å². The van der Waals surface area contributed by atoms with Crippen molar-refractivity contribution in [1.82, 2.24) is 5.32 Å². The first kappa shape index (κ1) is 10.0. The van der Waals surface area contributed by atoms with E-state index in [2.05, 4.69) is 25.4 Å². The molecule has 0 amide bonds. The van der Waals surface area contributed by atoms with E-state index in [0.29, 0.717) is 0 Å². The van der Waals surface area contributed by atoms with Crippen LogP contribution < -0.4 is 5.32 Å². The highest BCUT2D eigenvalue weighted by Gasteiger charge is 1.93. The van der Waals surface area contributed by atoms with Gasteiger partial charge in [0.2, 0.25) is 0 Å². The summed E-state index contributed by atoms with van der Waals surface area (Å²) < 4.78 is 0. The lowest BCUT2D eigenvalue weighted by Gasteiger charge is -2.07. The maximum Gasteiger partial charge on any atom is 0.0337 e. The molecule has 1 N–H and O–H groups in total. The molecule has 0 atom stereocenters. The summed E-state index contributed by atoms with van der Waals surface area (Å²) in [5.74, 6) is 0. The third kappa shape index (κ3) is 3.66. The van der Waals surface area contributed by atoms with Crippen LogP contribution in [0.3, 0.4) is 0 Å². The lowest BCUT2D eigenvalue weighted by molar-refractivity contribution is 0.781. The highest BCUT2D eigenvalue weighted by molar-refractivity contribution is 5.34. The van der Waals surface area contributed by atoms with E-state index in [9.17, 15) is 0 Å². The second kappa shape index (κ2) is 5.78. The Bertz CT molecular complexity index is 166. The Morgan fingerprint density at radius 2 is 2.18 bits per heavy atom. The molecular formula is C10H17N. The maximum absolute atomic E-state index is 3.88. The van der Waals surface area contributed by atoms with Gasteiger partial charge in [0.25, 0.3) is 0 Å².